The Kier molecular flexibility index (Phi) is 7.46. The summed E-state index contributed by atoms with van der Waals surface area (Å²) < 4.78 is 19.1. The minimum absolute atomic E-state index is 0.158. The van der Waals surface area contributed by atoms with Crippen molar-refractivity contribution >= 4 is 15.4 Å². The molecule has 0 saturated heterocycles. The zero-order valence-corrected chi connectivity index (χ0v) is 24.6. The maximum Gasteiger partial charge on any atom is 0.489 e. The van der Waals surface area contributed by atoms with Gasteiger partial charge in [-0.1, -0.05) is 52.3 Å². The molecule has 4 aliphatic carbocycles. The predicted molar refractivity (Wildman–Crippen MR) is 146 cm³/mol. The molecule has 4 rings (SSSR count). The molecule has 0 heterocycles. The first-order valence-corrected chi connectivity index (χ1v) is 17.1. The Morgan fingerprint density at radius 1 is 0.941 bits per heavy atom. The van der Waals surface area contributed by atoms with Gasteiger partial charge < -0.3 is 13.7 Å². The highest BCUT2D eigenvalue weighted by atomic mass is 28.4. The molecule has 3 unspecified atom stereocenters. The van der Waals surface area contributed by atoms with Crippen molar-refractivity contribution in [2.24, 2.45) is 28.6 Å². The van der Waals surface area contributed by atoms with Crippen LogP contribution in [0.5, 0.6) is 0 Å². The number of fused-ring (bicyclic) bond motifs is 5. The lowest BCUT2D eigenvalue weighted by molar-refractivity contribution is -0.0275. The van der Waals surface area contributed by atoms with E-state index in [0.29, 0.717) is 24.7 Å². The second-order valence-corrected chi connectivity index (χ2v) is 18.4. The van der Waals surface area contributed by atoms with Crippen LogP contribution in [-0.4, -0.2) is 34.8 Å². The fourth-order valence-electron chi connectivity index (χ4n) is 7.82. The molecule has 0 N–H and O–H groups in total. The monoisotopic (exact) mass is 486 g/mol. The van der Waals surface area contributed by atoms with Gasteiger partial charge in [0.2, 0.25) is 0 Å². The molecule has 0 aromatic heterocycles. The van der Waals surface area contributed by atoms with Crippen molar-refractivity contribution in [3.63, 3.8) is 0 Å². The van der Waals surface area contributed by atoms with Crippen LogP contribution in [0.1, 0.15) is 93.4 Å². The van der Waals surface area contributed by atoms with Crippen LogP contribution >= 0.6 is 0 Å². The minimum atomic E-state index is -1.73. The zero-order valence-electron chi connectivity index (χ0n) is 23.6. The van der Waals surface area contributed by atoms with Gasteiger partial charge in [0.25, 0.3) is 0 Å². The first kappa shape index (κ1) is 26.7. The van der Waals surface area contributed by atoms with Gasteiger partial charge in [0, 0.05) is 19.3 Å². The Morgan fingerprint density at radius 2 is 1.59 bits per heavy atom. The maximum absolute atomic E-state index is 6.91. The molecule has 5 heteroatoms. The van der Waals surface area contributed by atoms with Crippen molar-refractivity contribution in [1.82, 2.24) is 0 Å². The van der Waals surface area contributed by atoms with E-state index < -0.39 is 8.32 Å². The van der Waals surface area contributed by atoms with Gasteiger partial charge in [0.05, 0.1) is 0 Å². The van der Waals surface area contributed by atoms with Crippen LogP contribution in [0.2, 0.25) is 18.1 Å². The van der Waals surface area contributed by atoms with Gasteiger partial charge >= 0.3 is 7.12 Å². The predicted octanol–water partition coefficient (Wildman–Crippen LogP) is 7.98. The summed E-state index contributed by atoms with van der Waals surface area (Å²) in [6, 6.07) is 0. The smallest absolute Gasteiger partial charge is 0.414 e. The summed E-state index contributed by atoms with van der Waals surface area (Å²) in [5, 5.41) is 0.279. The Morgan fingerprint density at radius 3 is 2.21 bits per heavy atom. The Balaban J connectivity index is 1.51. The fraction of sp³-hybridized carbons (Fsp3) is 0.862. The SMILES string of the molecule is CCOB(OCC)C1=CCC2C3CC=C4C[C@@H](O[Si](C)(C)C(C)(C)C)CC[C@]4(C)C3CC[C@]12C. The van der Waals surface area contributed by atoms with Gasteiger partial charge in [-0.25, -0.2) is 0 Å². The number of hydrogen-bond acceptors (Lipinski definition) is 3. The molecule has 3 nitrogen and oxygen atoms in total. The summed E-state index contributed by atoms with van der Waals surface area (Å²) in [5.41, 5.74) is 3.74. The molecule has 0 radical (unpaired) electrons. The Labute approximate surface area is 211 Å². The third-order valence-corrected chi connectivity index (χ3v) is 15.4. The Hall–Kier alpha value is -0.358. The number of allylic oxidation sites excluding steroid dienone is 3. The minimum Gasteiger partial charge on any atom is -0.414 e. The quantitative estimate of drug-likeness (QED) is 0.270. The molecule has 0 amide bonds. The molecule has 34 heavy (non-hydrogen) atoms. The molecular formula is C29H51BO3Si. The van der Waals surface area contributed by atoms with Gasteiger partial charge in [-0.2, -0.15) is 0 Å². The van der Waals surface area contributed by atoms with Gasteiger partial charge in [0.1, 0.15) is 0 Å². The first-order valence-electron chi connectivity index (χ1n) is 14.2. The van der Waals surface area contributed by atoms with Crippen LogP contribution in [0.4, 0.5) is 0 Å². The second-order valence-electron chi connectivity index (χ2n) is 13.6. The summed E-state index contributed by atoms with van der Waals surface area (Å²) >= 11 is 0. The van der Waals surface area contributed by atoms with E-state index in [9.17, 15) is 0 Å². The maximum atomic E-state index is 6.91. The number of hydrogen-bond donors (Lipinski definition) is 0. The summed E-state index contributed by atoms with van der Waals surface area (Å²) in [6.07, 6.45) is 14.3. The molecule has 0 aliphatic heterocycles. The summed E-state index contributed by atoms with van der Waals surface area (Å²) in [7, 11) is -1.88. The lowest BCUT2D eigenvalue weighted by Crippen LogP contribution is -2.52. The lowest BCUT2D eigenvalue weighted by Gasteiger charge is -2.58. The molecule has 6 atom stereocenters. The van der Waals surface area contributed by atoms with Crippen LogP contribution in [0.3, 0.4) is 0 Å². The largest absolute Gasteiger partial charge is 0.489 e. The average molecular weight is 487 g/mol. The summed E-state index contributed by atoms with van der Waals surface area (Å²) in [6.45, 7) is 22.6. The van der Waals surface area contributed by atoms with E-state index in [2.05, 4.69) is 73.7 Å². The van der Waals surface area contributed by atoms with Gasteiger partial charge in [-0.15, -0.1) is 0 Å². The zero-order chi connectivity index (χ0) is 24.9. The van der Waals surface area contributed by atoms with E-state index in [0.717, 1.165) is 24.2 Å². The van der Waals surface area contributed by atoms with Crippen LogP contribution in [-0.2, 0) is 13.7 Å². The highest BCUT2D eigenvalue weighted by Crippen LogP contribution is 2.65. The van der Waals surface area contributed by atoms with Gasteiger partial charge in [-0.05, 0) is 111 Å². The summed E-state index contributed by atoms with van der Waals surface area (Å²) in [4.78, 5) is 0. The van der Waals surface area contributed by atoms with E-state index in [1.165, 1.54) is 44.0 Å². The first-order chi connectivity index (χ1) is 15.9. The van der Waals surface area contributed by atoms with E-state index in [-0.39, 0.29) is 17.6 Å². The van der Waals surface area contributed by atoms with Crippen LogP contribution < -0.4 is 0 Å². The molecule has 4 aliphatic rings. The normalized spacial score (nSPS) is 37.9. The lowest BCUT2D eigenvalue weighted by atomic mass is 9.45. The number of rotatable bonds is 7. The average Bonchev–Trinajstić information content (AvgIpc) is 3.10. The third kappa shape index (κ3) is 4.46. The van der Waals surface area contributed by atoms with E-state index in [1.54, 1.807) is 5.57 Å². The molecule has 192 valence electrons. The van der Waals surface area contributed by atoms with Crippen molar-refractivity contribution < 1.29 is 13.7 Å². The molecule has 0 aromatic carbocycles. The Bertz CT molecular complexity index is 809. The standard InChI is InChI=1S/C29H51BO3Si/c1-10-31-30(32-11-2)26-15-14-24-23-13-12-21-20-22(33-34(8,9)27(3,4)5)16-18-28(21,6)25(23)17-19-29(24,26)7/h12,15,22-25H,10-11,13-14,16-20H2,1-9H3/t22-,23?,24?,25?,28-,29-/m0/s1. The molecular weight excluding hydrogens is 435 g/mol. The van der Waals surface area contributed by atoms with Crippen LogP contribution in [0.15, 0.2) is 23.2 Å². The molecule has 0 bridgehead atoms. The van der Waals surface area contributed by atoms with Crippen molar-refractivity contribution in [2.75, 3.05) is 13.2 Å². The highest BCUT2D eigenvalue weighted by molar-refractivity contribution is 6.74. The van der Waals surface area contributed by atoms with E-state index in [1.807, 2.05) is 0 Å². The molecule has 2 fully saturated rings. The van der Waals surface area contributed by atoms with Crippen molar-refractivity contribution in [3.8, 4) is 0 Å². The highest BCUT2D eigenvalue weighted by Gasteiger charge is 2.58. The molecule has 0 aromatic rings. The topological polar surface area (TPSA) is 27.7 Å². The van der Waals surface area contributed by atoms with Gasteiger partial charge in [0.15, 0.2) is 8.32 Å². The van der Waals surface area contributed by atoms with E-state index in [4.69, 9.17) is 13.7 Å². The van der Waals surface area contributed by atoms with Crippen LogP contribution in [0, 0.1) is 28.6 Å². The van der Waals surface area contributed by atoms with Crippen molar-refractivity contribution in [1.29, 1.82) is 0 Å². The van der Waals surface area contributed by atoms with E-state index >= 15 is 0 Å². The molecule has 0 spiro atoms. The van der Waals surface area contributed by atoms with Crippen LogP contribution in [0.25, 0.3) is 0 Å². The van der Waals surface area contributed by atoms with Crippen molar-refractivity contribution in [3.05, 3.63) is 23.2 Å². The summed E-state index contributed by atoms with van der Waals surface area (Å²) in [5.74, 6) is 2.31. The molecule has 2 saturated carbocycles. The van der Waals surface area contributed by atoms with Gasteiger partial charge in [-0.3, -0.25) is 0 Å². The van der Waals surface area contributed by atoms with Crippen molar-refractivity contribution in [2.45, 2.75) is 118 Å². The second kappa shape index (κ2) is 9.50. The fourth-order valence-corrected chi connectivity index (χ4v) is 9.21. The third-order valence-electron chi connectivity index (χ3n) is 10.9.